The van der Waals surface area contributed by atoms with Gasteiger partial charge in [0.1, 0.15) is 6.17 Å². The first-order chi connectivity index (χ1) is 26.3. The maximum absolute atomic E-state index is 3.96. The Morgan fingerprint density at radius 1 is 0.630 bits per heavy atom. The molecule has 0 amide bonds. The molecule has 0 aromatic heterocycles. The summed E-state index contributed by atoms with van der Waals surface area (Å²) in [5.74, 6) is 0.702. The first-order valence-electron chi connectivity index (χ1n) is 20.1. The van der Waals surface area contributed by atoms with Crippen molar-refractivity contribution < 1.29 is 0 Å². The first-order valence-corrected chi connectivity index (χ1v) is 20.1. The van der Waals surface area contributed by atoms with Crippen LogP contribution in [0.1, 0.15) is 92.9 Å². The van der Waals surface area contributed by atoms with Crippen molar-refractivity contribution in [1.82, 2.24) is 10.6 Å². The Kier molecular flexibility index (Phi) is 7.86. The highest BCUT2D eigenvalue weighted by molar-refractivity contribution is 5.91. The van der Waals surface area contributed by atoms with E-state index in [1.165, 1.54) is 61.4 Å². The predicted octanol–water partition coefficient (Wildman–Crippen LogP) is 12.1. The second-order valence-corrected chi connectivity index (χ2v) is 17.2. The second kappa shape index (κ2) is 12.7. The fourth-order valence-corrected chi connectivity index (χ4v) is 10.5. The molecule has 54 heavy (non-hydrogen) atoms. The summed E-state index contributed by atoms with van der Waals surface area (Å²) in [6, 6.07) is 35.9. The average Bonchev–Trinajstić information content (AvgIpc) is 3.60. The number of rotatable bonds is 5. The number of allylic oxidation sites excluding steroid dienone is 10. The maximum atomic E-state index is 3.96. The summed E-state index contributed by atoms with van der Waals surface area (Å²) in [4.78, 5) is 0. The van der Waals surface area contributed by atoms with E-state index in [1.807, 2.05) is 0 Å². The molecule has 2 N–H and O–H groups in total. The number of benzene rings is 4. The van der Waals surface area contributed by atoms with Crippen molar-refractivity contribution in [1.29, 1.82) is 0 Å². The summed E-state index contributed by atoms with van der Waals surface area (Å²) in [6.07, 6.45) is 23.9. The van der Waals surface area contributed by atoms with Crippen LogP contribution in [-0.2, 0) is 10.8 Å². The zero-order valence-electron chi connectivity index (χ0n) is 32.0. The van der Waals surface area contributed by atoms with E-state index < -0.39 is 0 Å². The lowest BCUT2D eigenvalue weighted by Crippen LogP contribution is -2.46. The van der Waals surface area contributed by atoms with Gasteiger partial charge in [-0.05, 0) is 110 Å². The molecule has 4 aromatic carbocycles. The summed E-state index contributed by atoms with van der Waals surface area (Å²) >= 11 is 0. The monoisotopic (exact) mass is 702 g/mol. The van der Waals surface area contributed by atoms with Gasteiger partial charge < -0.3 is 5.32 Å². The lowest BCUT2D eigenvalue weighted by Gasteiger charge is -2.37. The first kappa shape index (κ1) is 33.4. The lowest BCUT2D eigenvalue weighted by molar-refractivity contribution is 0.412. The molecule has 5 aliphatic carbocycles. The van der Waals surface area contributed by atoms with Gasteiger partial charge in [0.2, 0.25) is 0 Å². The van der Waals surface area contributed by atoms with E-state index in [1.54, 1.807) is 16.7 Å². The van der Waals surface area contributed by atoms with Gasteiger partial charge in [0.15, 0.2) is 0 Å². The van der Waals surface area contributed by atoms with E-state index in [2.05, 4.69) is 184 Å². The molecule has 0 spiro atoms. The third-order valence-electron chi connectivity index (χ3n) is 13.3. The molecule has 1 aliphatic heterocycles. The van der Waals surface area contributed by atoms with Crippen LogP contribution in [0.15, 0.2) is 168 Å². The molecule has 4 unspecified atom stereocenters. The quantitative estimate of drug-likeness (QED) is 0.216. The molecule has 0 saturated carbocycles. The molecular formula is C52H50N2. The molecule has 2 nitrogen and oxygen atoms in total. The van der Waals surface area contributed by atoms with Crippen molar-refractivity contribution in [3.63, 3.8) is 0 Å². The predicted molar refractivity (Wildman–Crippen MR) is 226 cm³/mol. The number of hydrogen-bond donors (Lipinski definition) is 2. The minimum atomic E-state index is -0.0336. The fourth-order valence-electron chi connectivity index (χ4n) is 10.5. The van der Waals surface area contributed by atoms with Crippen molar-refractivity contribution >= 4 is 11.1 Å². The molecule has 0 fully saturated rings. The van der Waals surface area contributed by atoms with Crippen molar-refractivity contribution in [3.05, 3.63) is 201 Å². The van der Waals surface area contributed by atoms with Crippen LogP contribution in [0.2, 0.25) is 0 Å². The van der Waals surface area contributed by atoms with Crippen molar-refractivity contribution in [2.75, 3.05) is 0 Å². The molecule has 6 aliphatic rings. The van der Waals surface area contributed by atoms with Crippen LogP contribution in [0.25, 0.3) is 22.3 Å². The van der Waals surface area contributed by atoms with E-state index in [9.17, 15) is 0 Å². The molecule has 0 saturated heterocycles. The number of fused-ring (bicyclic) bond motifs is 5. The van der Waals surface area contributed by atoms with Gasteiger partial charge in [-0.2, -0.15) is 0 Å². The minimum absolute atomic E-state index is 0.0116. The van der Waals surface area contributed by atoms with Gasteiger partial charge in [-0.15, -0.1) is 0 Å². The van der Waals surface area contributed by atoms with Gasteiger partial charge in [-0.3, -0.25) is 5.32 Å². The van der Waals surface area contributed by atoms with Crippen LogP contribution in [0.5, 0.6) is 0 Å². The summed E-state index contributed by atoms with van der Waals surface area (Å²) in [6.45, 7) is 9.78. The van der Waals surface area contributed by atoms with Crippen LogP contribution < -0.4 is 10.6 Å². The highest BCUT2D eigenvalue weighted by Crippen LogP contribution is 2.58. The van der Waals surface area contributed by atoms with Gasteiger partial charge >= 0.3 is 0 Å². The Hall–Kier alpha value is -5.18. The Morgan fingerprint density at radius 2 is 1.35 bits per heavy atom. The largest absolute Gasteiger partial charge is 0.369 e. The van der Waals surface area contributed by atoms with Crippen molar-refractivity contribution in [2.45, 2.75) is 76.4 Å². The van der Waals surface area contributed by atoms with E-state index in [0.29, 0.717) is 11.8 Å². The van der Waals surface area contributed by atoms with E-state index in [4.69, 9.17) is 0 Å². The van der Waals surface area contributed by atoms with Gasteiger partial charge in [-0.1, -0.05) is 161 Å². The van der Waals surface area contributed by atoms with E-state index >= 15 is 0 Å². The maximum Gasteiger partial charge on any atom is 0.104 e. The zero-order valence-corrected chi connectivity index (χ0v) is 32.0. The topological polar surface area (TPSA) is 24.1 Å². The Bertz CT molecular complexity index is 2390. The molecule has 10 rings (SSSR count). The van der Waals surface area contributed by atoms with E-state index in [-0.39, 0.29) is 23.0 Å². The third-order valence-corrected chi connectivity index (χ3v) is 13.3. The van der Waals surface area contributed by atoms with Crippen LogP contribution in [-0.4, -0.2) is 6.04 Å². The van der Waals surface area contributed by atoms with Gasteiger partial charge in [0, 0.05) is 28.4 Å². The third kappa shape index (κ3) is 5.33. The standard InChI is InChI=1S/C52H50N2/c1-51(2)44-21-12-11-18-40(44)42-30-43-41-20-13-19-39(49(41)52(3,4)46(43)31-45(42)51)35-24-28-37(29-25-35)48-32-47(53-50(54-48)38-16-9-6-10-17-38)36-26-22-34(23-27-36)33-14-7-5-8-15-33/h5-12,14-19,21-24,26,28-32,35-36,48,50,53-54H,13,20,25,27H2,1-4H3. The smallest absolute Gasteiger partial charge is 0.104 e. The van der Waals surface area contributed by atoms with Crippen LogP contribution >= 0.6 is 0 Å². The van der Waals surface area contributed by atoms with Gasteiger partial charge in [-0.25, -0.2) is 0 Å². The molecule has 2 heteroatoms. The lowest BCUT2D eigenvalue weighted by atomic mass is 9.71. The molecule has 0 bridgehead atoms. The normalized spacial score (nSPS) is 25.7. The summed E-state index contributed by atoms with van der Waals surface area (Å²) in [5, 5.41) is 7.86. The number of nitrogens with one attached hydrogen (secondary N) is 2. The van der Waals surface area contributed by atoms with Crippen LogP contribution in [0, 0.1) is 11.8 Å². The molecule has 4 atom stereocenters. The minimum Gasteiger partial charge on any atom is -0.369 e. The van der Waals surface area contributed by atoms with Crippen molar-refractivity contribution in [2.24, 2.45) is 11.8 Å². The highest BCUT2D eigenvalue weighted by atomic mass is 15.2. The van der Waals surface area contributed by atoms with Gasteiger partial charge in [0.05, 0.1) is 6.04 Å². The van der Waals surface area contributed by atoms with Gasteiger partial charge in [0.25, 0.3) is 0 Å². The molecule has 0 radical (unpaired) electrons. The molecule has 1 heterocycles. The SMILES string of the molecule is CC1(C)C2=C(CCC=C2C2C=CC(C3C=C(C4C=CC(c5ccccc5)=CC4)NC(c4ccccc4)N3)=CC2)c2cc3c(cc21)C(C)(C)c1ccccc1-3. The molecule has 268 valence electrons. The highest BCUT2D eigenvalue weighted by Gasteiger charge is 2.45. The summed E-state index contributed by atoms with van der Waals surface area (Å²) in [5.41, 5.74) is 20.0. The van der Waals surface area contributed by atoms with Crippen molar-refractivity contribution in [3.8, 4) is 11.1 Å². The van der Waals surface area contributed by atoms with Crippen LogP contribution in [0.4, 0.5) is 0 Å². The fraction of sp³-hybridized carbons (Fsp3) is 0.269. The second-order valence-electron chi connectivity index (χ2n) is 17.2. The Morgan fingerprint density at radius 3 is 2.11 bits per heavy atom. The molecular weight excluding hydrogens is 653 g/mol. The summed E-state index contributed by atoms with van der Waals surface area (Å²) < 4.78 is 0. The Balaban J connectivity index is 0.931. The average molecular weight is 703 g/mol. The summed E-state index contributed by atoms with van der Waals surface area (Å²) in [7, 11) is 0. The Labute approximate surface area is 321 Å². The molecule has 4 aromatic rings. The zero-order chi connectivity index (χ0) is 36.6. The van der Waals surface area contributed by atoms with E-state index in [0.717, 1.165) is 25.7 Å². The number of hydrogen-bond acceptors (Lipinski definition) is 2. The van der Waals surface area contributed by atoms with Crippen LogP contribution in [0.3, 0.4) is 0 Å².